The summed E-state index contributed by atoms with van der Waals surface area (Å²) in [5.74, 6) is 0.208. The molecular weight excluding hydrogens is 95.1 g/mol. The number of hydrogen-bond acceptors (Lipinski definition) is 1. The van der Waals surface area contributed by atoms with Gasteiger partial charge in [-0.1, -0.05) is 0 Å². The second-order valence-electron chi connectivity index (χ2n) is 1.88. The lowest BCUT2D eigenvalue weighted by Crippen LogP contribution is -1.99. The molecule has 0 aliphatic carbocycles. The molecule has 1 unspecified atom stereocenters. The zero-order valence-electron chi connectivity index (χ0n) is 4.19. The average Bonchev–Trinajstić information content (AvgIpc) is 2.14. The van der Waals surface area contributed by atoms with Gasteiger partial charge < -0.3 is 4.74 Å². The molecule has 2 heteroatoms. The van der Waals surface area contributed by atoms with Crippen LogP contribution in [0.1, 0.15) is 6.42 Å². The smallest absolute Gasteiger partial charge is 0.0945 e. The van der Waals surface area contributed by atoms with Crippen molar-refractivity contribution < 1.29 is 9.13 Å². The molecule has 0 radical (unpaired) electrons. The number of alkyl halides is 1. The van der Waals surface area contributed by atoms with Crippen molar-refractivity contribution in [2.75, 3.05) is 19.9 Å². The molecule has 42 valence electrons. The normalized spacial score (nSPS) is 31.3. The Kier molecular flexibility index (Phi) is 1.63. The van der Waals surface area contributed by atoms with Crippen molar-refractivity contribution >= 4 is 0 Å². The molecule has 0 bridgehead atoms. The Morgan fingerprint density at radius 2 is 2.57 bits per heavy atom. The predicted octanol–water partition coefficient (Wildman–Crippen LogP) is 0.992. The van der Waals surface area contributed by atoms with Gasteiger partial charge in [-0.15, -0.1) is 0 Å². The summed E-state index contributed by atoms with van der Waals surface area (Å²) >= 11 is 0. The fourth-order valence-corrected chi connectivity index (χ4v) is 0.705. The molecule has 1 rings (SSSR count). The summed E-state index contributed by atoms with van der Waals surface area (Å²) in [5, 5.41) is 0. The van der Waals surface area contributed by atoms with Crippen molar-refractivity contribution in [3.8, 4) is 0 Å². The Morgan fingerprint density at radius 1 is 1.71 bits per heavy atom. The molecule has 1 aliphatic rings. The maximum absolute atomic E-state index is 11.6. The van der Waals surface area contributed by atoms with Gasteiger partial charge in [-0.05, 0) is 6.42 Å². The minimum Gasteiger partial charge on any atom is -0.381 e. The first-order chi connectivity index (χ1) is 3.43. The van der Waals surface area contributed by atoms with Crippen LogP contribution in [-0.4, -0.2) is 19.9 Å². The molecule has 0 aromatic rings. The van der Waals surface area contributed by atoms with Crippen LogP contribution in [0, 0.1) is 5.92 Å². The van der Waals surface area contributed by atoms with Gasteiger partial charge in [0.2, 0.25) is 0 Å². The fraction of sp³-hybridized carbons (Fsp3) is 1.00. The molecule has 1 heterocycles. The predicted molar refractivity (Wildman–Crippen MR) is 24.9 cm³/mol. The first-order valence-electron chi connectivity index (χ1n) is 2.57. The largest absolute Gasteiger partial charge is 0.381 e. The second-order valence-corrected chi connectivity index (χ2v) is 1.88. The van der Waals surface area contributed by atoms with Gasteiger partial charge in [-0.25, -0.2) is 0 Å². The van der Waals surface area contributed by atoms with Crippen molar-refractivity contribution in [2.24, 2.45) is 5.92 Å². The molecule has 0 saturated carbocycles. The standard InChI is InChI=1S/C5H9FO/c6-3-5-1-2-7-4-5/h5H,1-4H2. The number of rotatable bonds is 1. The molecule has 1 fully saturated rings. The molecule has 1 atom stereocenters. The van der Waals surface area contributed by atoms with Gasteiger partial charge in [0.15, 0.2) is 0 Å². The van der Waals surface area contributed by atoms with Gasteiger partial charge in [0.1, 0.15) is 0 Å². The molecule has 0 spiro atoms. The van der Waals surface area contributed by atoms with E-state index in [0.717, 1.165) is 13.0 Å². The second kappa shape index (κ2) is 2.26. The zero-order valence-corrected chi connectivity index (χ0v) is 4.19. The summed E-state index contributed by atoms with van der Waals surface area (Å²) < 4.78 is 16.5. The summed E-state index contributed by atoms with van der Waals surface area (Å²) in [4.78, 5) is 0. The van der Waals surface area contributed by atoms with Crippen LogP contribution in [0.15, 0.2) is 0 Å². The molecule has 1 nitrogen and oxygen atoms in total. The van der Waals surface area contributed by atoms with Gasteiger partial charge in [0, 0.05) is 12.5 Å². The minimum atomic E-state index is -0.208. The van der Waals surface area contributed by atoms with E-state index in [0.29, 0.717) is 6.61 Å². The fourth-order valence-electron chi connectivity index (χ4n) is 0.705. The number of hydrogen-bond donors (Lipinski definition) is 0. The summed E-state index contributed by atoms with van der Waals surface area (Å²) in [6.45, 7) is 1.19. The van der Waals surface area contributed by atoms with E-state index in [2.05, 4.69) is 0 Å². The SMILES string of the molecule is FCC1CCOC1. The maximum Gasteiger partial charge on any atom is 0.0945 e. The third-order valence-electron chi connectivity index (χ3n) is 1.24. The third kappa shape index (κ3) is 1.13. The Balaban J connectivity index is 2.14. The zero-order chi connectivity index (χ0) is 5.11. The minimum absolute atomic E-state index is 0.208. The van der Waals surface area contributed by atoms with Gasteiger partial charge in [0.25, 0.3) is 0 Å². The quantitative estimate of drug-likeness (QED) is 0.482. The lowest BCUT2D eigenvalue weighted by atomic mass is 10.1. The van der Waals surface area contributed by atoms with Gasteiger partial charge in [-0.3, -0.25) is 4.39 Å². The van der Waals surface area contributed by atoms with E-state index in [1.54, 1.807) is 0 Å². The van der Waals surface area contributed by atoms with Gasteiger partial charge in [-0.2, -0.15) is 0 Å². The van der Waals surface area contributed by atoms with E-state index in [-0.39, 0.29) is 12.6 Å². The summed E-state index contributed by atoms with van der Waals surface area (Å²) in [6, 6.07) is 0. The lowest BCUT2D eigenvalue weighted by Gasteiger charge is -1.94. The van der Waals surface area contributed by atoms with Crippen LogP contribution in [0.2, 0.25) is 0 Å². The van der Waals surface area contributed by atoms with Gasteiger partial charge >= 0.3 is 0 Å². The first kappa shape index (κ1) is 5.04. The highest BCUT2D eigenvalue weighted by molar-refractivity contribution is 4.61. The van der Waals surface area contributed by atoms with E-state index < -0.39 is 0 Å². The van der Waals surface area contributed by atoms with Gasteiger partial charge in [0.05, 0.1) is 13.3 Å². The topological polar surface area (TPSA) is 9.23 Å². The molecular formula is C5H9FO. The van der Waals surface area contributed by atoms with Crippen LogP contribution in [0.5, 0.6) is 0 Å². The van der Waals surface area contributed by atoms with Crippen molar-refractivity contribution in [3.63, 3.8) is 0 Å². The molecule has 7 heavy (non-hydrogen) atoms. The number of halogens is 1. The highest BCUT2D eigenvalue weighted by Gasteiger charge is 2.13. The van der Waals surface area contributed by atoms with E-state index >= 15 is 0 Å². The molecule has 0 aromatic carbocycles. The van der Waals surface area contributed by atoms with Crippen LogP contribution >= 0.6 is 0 Å². The highest BCUT2D eigenvalue weighted by atomic mass is 19.1. The van der Waals surface area contributed by atoms with Crippen LogP contribution in [0.4, 0.5) is 4.39 Å². The monoisotopic (exact) mass is 104 g/mol. The summed E-state index contributed by atoms with van der Waals surface area (Å²) in [7, 11) is 0. The van der Waals surface area contributed by atoms with Crippen molar-refractivity contribution in [2.45, 2.75) is 6.42 Å². The Morgan fingerprint density at radius 3 is 2.86 bits per heavy atom. The van der Waals surface area contributed by atoms with E-state index in [4.69, 9.17) is 4.74 Å². The van der Waals surface area contributed by atoms with E-state index in [9.17, 15) is 4.39 Å². The molecule has 0 amide bonds. The Bertz CT molecular complexity index is 50.0. The van der Waals surface area contributed by atoms with E-state index in [1.807, 2.05) is 0 Å². The number of ether oxygens (including phenoxy) is 1. The molecule has 1 saturated heterocycles. The van der Waals surface area contributed by atoms with Crippen molar-refractivity contribution in [1.29, 1.82) is 0 Å². The van der Waals surface area contributed by atoms with Crippen LogP contribution < -0.4 is 0 Å². The van der Waals surface area contributed by atoms with Crippen molar-refractivity contribution in [3.05, 3.63) is 0 Å². The Hall–Kier alpha value is -0.110. The molecule has 0 N–H and O–H groups in total. The van der Waals surface area contributed by atoms with Crippen molar-refractivity contribution in [1.82, 2.24) is 0 Å². The third-order valence-corrected chi connectivity index (χ3v) is 1.24. The summed E-state index contributed by atoms with van der Waals surface area (Å²) in [6.07, 6.45) is 0.913. The highest BCUT2D eigenvalue weighted by Crippen LogP contribution is 2.11. The van der Waals surface area contributed by atoms with Crippen LogP contribution in [-0.2, 0) is 4.74 Å². The lowest BCUT2D eigenvalue weighted by molar-refractivity contribution is 0.179. The maximum atomic E-state index is 11.6. The summed E-state index contributed by atoms with van der Waals surface area (Å²) in [5.41, 5.74) is 0. The first-order valence-corrected chi connectivity index (χ1v) is 2.57. The molecule has 0 aromatic heterocycles. The van der Waals surface area contributed by atoms with E-state index in [1.165, 1.54) is 0 Å². The average molecular weight is 104 g/mol. The van der Waals surface area contributed by atoms with Crippen LogP contribution in [0.3, 0.4) is 0 Å². The molecule has 1 aliphatic heterocycles. The van der Waals surface area contributed by atoms with Crippen LogP contribution in [0.25, 0.3) is 0 Å². The Labute approximate surface area is 42.5 Å².